The van der Waals surface area contributed by atoms with Crippen molar-refractivity contribution < 1.29 is 23.8 Å². The van der Waals surface area contributed by atoms with E-state index in [1.54, 1.807) is 0 Å². The van der Waals surface area contributed by atoms with Gasteiger partial charge in [-0.2, -0.15) is 0 Å². The summed E-state index contributed by atoms with van der Waals surface area (Å²) >= 11 is 0. The molecule has 1 saturated heterocycles. The van der Waals surface area contributed by atoms with Crippen LogP contribution >= 0.6 is 0 Å². The maximum absolute atomic E-state index is 11.3. The van der Waals surface area contributed by atoms with Crippen molar-refractivity contribution in [2.24, 2.45) is 0 Å². The molecule has 2 saturated carbocycles. The summed E-state index contributed by atoms with van der Waals surface area (Å²) < 4.78 is 17.5. The minimum absolute atomic E-state index is 0.0586. The summed E-state index contributed by atoms with van der Waals surface area (Å²) in [6.07, 6.45) is 6.44. The van der Waals surface area contributed by atoms with E-state index in [1.165, 1.54) is 0 Å². The van der Waals surface area contributed by atoms with Crippen molar-refractivity contribution in [3.05, 3.63) is 0 Å². The summed E-state index contributed by atoms with van der Waals surface area (Å²) in [7, 11) is -1.70. The Balaban J connectivity index is 0.000000207. The van der Waals surface area contributed by atoms with Crippen LogP contribution < -0.4 is 0 Å². The van der Waals surface area contributed by atoms with Crippen molar-refractivity contribution in [3.8, 4) is 0 Å². The smallest absolute Gasteiger partial charge is 0.192 e. The number of rotatable bonds is 2. The van der Waals surface area contributed by atoms with Crippen molar-refractivity contribution in [2.45, 2.75) is 121 Å². The Morgan fingerprint density at radius 2 is 1.39 bits per heavy atom. The molecule has 1 aliphatic heterocycles. The van der Waals surface area contributed by atoms with Crippen molar-refractivity contribution in [1.29, 1.82) is 0 Å². The Labute approximate surface area is 172 Å². The second-order valence-corrected chi connectivity index (χ2v) is 15.7. The van der Waals surface area contributed by atoms with Crippen molar-refractivity contribution in [3.63, 3.8) is 0 Å². The fraction of sp³-hybridized carbons (Fsp3) is 0.955. The summed E-state index contributed by atoms with van der Waals surface area (Å²) in [5, 5.41) is 9.95. The maximum Gasteiger partial charge on any atom is 0.192 e. The predicted octanol–water partition coefficient (Wildman–Crippen LogP) is 4.96. The van der Waals surface area contributed by atoms with Gasteiger partial charge in [0.15, 0.2) is 14.1 Å². The Bertz CT molecular complexity index is 522. The Kier molecular flexibility index (Phi) is 7.25. The molecular formula is C22H42O5Si. The molecule has 1 heterocycles. The number of hydrogen-bond acceptors (Lipinski definition) is 5. The number of hydrogen-bond donors (Lipinski definition) is 1. The Morgan fingerprint density at radius 1 is 0.929 bits per heavy atom. The van der Waals surface area contributed by atoms with E-state index in [2.05, 4.69) is 40.8 Å². The average Bonchev–Trinajstić information content (AvgIpc) is 3.02. The molecule has 0 aromatic heterocycles. The number of carbonyl (C=O) groups excluding carboxylic acids is 1. The molecule has 1 N–H and O–H groups in total. The SMILES string of the molecule is CC1(O)CCC2(CC1)OCCO2.CC1(O[Si](C)(C)C(C)(C)C)CCC(=O)CC1. The summed E-state index contributed by atoms with van der Waals surface area (Å²) in [6.45, 7) is 16.8. The van der Waals surface area contributed by atoms with Crippen LogP contribution in [0, 0.1) is 0 Å². The first-order valence-corrected chi connectivity index (χ1v) is 13.8. The highest BCUT2D eigenvalue weighted by molar-refractivity contribution is 6.74. The molecule has 3 rings (SSSR count). The summed E-state index contributed by atoms with van der Waals surface area (Å²) in [5.41, 5.74) is -0.558. The molecule has 0 unspecified atom stereocenters. The van der Waals surface area contributed by atoms with Crippen LogP contribution in [0.25, 0.3) is 0 Å². The fourth-order valence-corrected chi connectivity index (χ4v) is 5.63. The van der Waals surface area contributed by atoms with E-state index >= 15 is 0 Å². The van der Waals surface area contributed by atoms with Crippen LogP contribution in [0.15, 0.2) is 0 Å². The van der Waals surface area contributed by atoms with Gasteiger partial charge < -0.3 is 19.0 Å². The standard InChI is InChI=1S/C13H26O2Si.C9H16O3/c1-12(2,3)16(5,6)15-13(4)9-7-11(14)8-10-13;1-8(10)2-4-9(5-3-8)11-6-7-12-9/h7-10H2,1-6H3;10H,2-7H2,1H3. The van der Waals surface area contributed by atoms with Gasteiger partial charge in [0.05, 0.1) is 24.4 Å². The number of Topliss-reactive ketones (excluding diaryl/α,β-unsaturated/α-hetero) is 1. The van der Waals surface area contributed by atoms with Gasteiger partial charge in [0, 0.05) is 25.7 Å². The predicted molar refractivity (Wildman–Crippen MR) is 114 cm³/mol. The molecule has 5 nitrogen and oxygen atoms in total. The quantitative estimate of drug-likeness (QED) is 0.647. The minimum atomic E-state index is -1.70. The lowest BCUT2D eigenvalue weighted by atomic mass is 9.83. The van der Waals surface area contributed by atoms with Gasteiger partial charge in [-0.3, -0.25) is 4.79 Å². The Morgan fingerprint density at radius 3 is 1.82 bits per heavy atom. The fourth-order valence-electron chi connectivity index (χ4n) is 3.88. The zero-order valence-electron chi connectivity index (χ0n) is 19.2. The Hall–Kier alpha value is -0.273. The van der Waals surface area contributed by atoms with Crippen LogP contribution in [0.5, 0.6) is 0 Å². The number of ketones is 1. The van der Waals surface area contributed by atoms with E-state index in [-0.39, 0.29) is 16.4 Å². The maximum atomic E-state index is 11.3. The van der Waals surface area contributed by atoms with Crippen LogP contribution in [-0.4, -0.2) is 49.4 Å². The second-order valence-electron chi connectivity index (χ2n) is 11.0. The highest BCUT2D eigenvalue weighted by atomic mass is 28.4. The molecule has 0 radical (unpaired) electrons. The van der Waals surface area contributed by atoms with Gasteiger partial charge in [-0.05, 0) is 57.7 Å². The molecule has 0 aromatic rings. The van der Waals surface area contributed by atoms with E-state index in [4.69, 9.17) is 13.9 Å². The molecule has 1 spiro atoms. The van der Waals surface area contributed by atoms with Crippen molar-refractivity contribution in [2.75, 3.05) is 13.2 Å². The molecule has 0 atom stereocenters. The molecule has 0 amide bonds. The van der Waals surface area contributed by atoms with Gasteiger partial charge in [0.1, 0.15) is 5.78 Å². The molecule has 2 aliphatic carbocycles. The third-order valence-electron chi connectivity index (χ3n) is 7.08. The molecule has 3 fully saturated rings. The summed E-state index contributed by atoms with van der Waals surface area (Å²) in [5.74, 6) is 0.0682. The van der Waals surface area contributed by atoms with Crippen molar-refractivity contribution in [1.82, 2.24) is 0 Å². The lowest BCUT2D eigenvalue weighted by molar-refractivity contribution is -0.199. The van der Waals surface area contributed by atoms with Gasteiger partial charge in [-0.15, -0.1) is 0 Å². The lowest BCUT2D eigenvalue weighted by Gasteiger charge is -2.45. The third-order valence-corrected chi connectivity index (χ3v) is 11.7. The van der Waals surface area contributed by atoms with Gasteiger partial charge in [0.25, 0.3) is 0 Å². The zero-order valence-corrected chi connectivity index (χ0v) is 20.2. The number of aliphatic hydroxyl groups is 1. The van der Waals surface area contributed by atoms with Crippen LogP contribution in [0.1, 0.15) is 86.0 Å². The first kappa shape index (κ1) is 24.0. The number of ether oxygens (including phenoxy) is 2. The van der Waals surface area contributed by atoms with E-state index in [1.807, 2.05) is 6.92 Å². The normalized spacial score (nSPS) is 26.6. The van der Waals surface area contributed by atoms with Crippen LogP contribution in [0.3, 0.4) is 0 Å². The molecule has 0 aromatic carbocycles. The van der Waals surface area contributed by atoms with E-state index in [9.17, 15) is 9.90 Å². The number of carbonyl (C=O) groups is 1. The molecule has 28 heavy (non-hydrogen) atoms. The summed E-state index contributed by atoms with van der Waals surface area (Å²) in [4.78, 5) is 11.3. The van der Waals surface area contributed by atoms with E-state index in [0.29, 0.717) is 31.8 Å². The zero-order chi connectivity index (χ0) is 21.3. The van der Waals surface area contributed by atoms with Gasteiger partial charge in [-0.25, -0.2) is 0 Å². The van der Waals surface area contributed by atoms with Crippen LogP contribution in [0.2, 0.25) is 18.1 Å². The van der Waals surface area contributed by atoms with Gasteiger partial charge in [-0.1, -0.05) is 20.8 Å². The molecule has 3 aliphatic rings. The van der Waals surface area contributed by atoms with Gasteiger partial charge >= 0.3 is 0 Å². The van der Waals surface area contributed by atoms with E-state index in [0.717, 1.165) is 38.5 Å². The highest BCUT2D eigenvalue weighted by Crippen LogP contribution is 2.42. The monoisotopic (exact) mass is 414 g/mol. The molecule has 6 heteroatoms. The average molecular weight is 415 g/mol. The highest BCUT2D eigenvalue weighted by Gasteiger charge is 2.44. The topological polar surface area (TPSA) is 65.0 Å². The van der Waals surface area contributed by atoms with E-state index < -0.39 is 13.9 Å². The minimum Gasteiger partial charge on any atom is -0.412 e. The lowest BCUT2D eigenvalue weighted by Crippen LogP contribution is -2.49. The van der Waals surface area contributed by atoms with Crippen LogP contribution in [0.4, 0.5) is 0 Å². The third kappa shape index (κ3) is 6.36. The first-order valence-electron chi connectivity index (χ1n) is 10.9. The molecule has 164 valence electrons. The van der Waals surface area contributed by atoms with Crippen molar-refractivity contribution >= 4 is 14.1 Å². The van der Waals surface area contributed by atoms with Crippen LogP contribution in [-0.2, 0) is 18.7 Å². The first-order chi connectivity index (χ1) is 12.7. The van der Waals surface area contributed by atoms with Gasteiger partial charge in [0.2, 0.25) is 0 Å². The molecule has 0 bridgehead atoms. The summed E-state index contributed by atoms with van der Waals surface area (Å²) in [6, 6.07) is 0. The largest absolute Gasteiger partial charge is 0.412 e. The molecular weight excluding hydrogens is 372 g/mol. The second kappa shape index (κ2) is 8.46.